The number of amides is 1. The molecule has 0 fully saturated rings. The van der Waals surface area contributed by atoms with Gasteiger partial charge in [0.1, 0.15) is 0 Å². The Morgan fingerprint density at radius 3 is 2.71 bits per heavy atom. The van der Waals surface area contributed by atoms with Crippen LogP contribution in [0.5, 0.6) is 0 Å². The number of carboxylic acids is 1. The maximum absolute atomic E-state index is 11.9. The number of carboxylic acid groups (broad SMARTS) is 1. The fourth-order valence-corrected chi connectivity index (χ4v) is 1.69. The molecule has 1 aromatic heterocycles. The molecule has 0 bridgehead atoms. The summed E-state index contributed by atoms with van der Waals surface area (Å²) in [6.07, 6.45) is 3.03. The highest BCUT2D eigenvalue weighted by Crippen LogP contribution is 2.12. The first-order valence-corrected chi connectivity index (χ1v) is 5.80. The van der Waals surface area contributed by atoms with Gasteiger partial charge >= 0.3 is 5.97 Å². The third-order valence-corrected chi connectivity index (χ3v) is 2.70. The Labute approximate surface area is 108 Å². The smallest absolute Gasteiger partial charge is 0.308 e. The first kappa shape index (κ1) is 13.6. The summed E-state index contributed by atoms with van der Waals surface area (Å²) in [4.78, 5) is 27.9. The third kappa shape index (κ3) is 3.81. The Kier molecular flexibility index (Phi) is 4.62. The molecule has 1 amide bonds. The molecule has 0 saturated carbocycles. The summed E-state index contributed by atoms with van der Waals surface area (Å²) in [7, 11) is 1.57. The van der Waals surface area contributed by atoms with Crippen molar-refractivity contribution in [2.24, 2.45) is 5.92 Å². The number of pyridine rings is 1. The van der Waals surface area contributed by atoms with Crippen LogP contribution in [0.4, 0.5) is 0 Å². The van der Waals surface area contributed by atoms with Crippen LogP contribution in [0.25, 0.3) is 0 Å². The highest BCUT2D eigenvalue weighted by Gasteiger charge is 2.18. The summed E-state index contributed by atoms with van der Waals surface area (Å²) < 4.78 is 0.711. The van der Waals surface area contributed by atoms with Gasteiger partial charge in [0.25, 0.3) is 5.91 Å². The topological polar surface area (TPSA) is 70.5 Å². The predicted molar refractivity (Wildman–Crippen MR) is 65.7 cm³/mol. The molecule has 6 heteroatoms. The molecule has 0 spiro atoms. The van der Waals surface area contributed by atoms with Gasteiger partial charge in [0.05, 0.1) is 11.5 Å². The predicted octanol–water partition coefficient (Wildman–Crippen LogP) is 1.64. The van der Waals surface area contributed by atoms with E-state index < -0.39 is 11.9 Å². The van der Waals surface area contributed by atoms with Gasteiger partial charge in [-0.15, -0.1) is 0 Å². The van der Waals surface area contributed by atoms with Crippen LogP contribution >= 0.6 is 15.9 Å². The minimum atomic E-state index is -0.919. The summed E-state index contributed by atoms with van der Waals surface area (Å²) >= 11 is 3.23. The van der Waals surface area contributed by atoms with Crippen molar-refractivity contribution in [1.29, 1.82) is 0 Å². The zero-order valence-corrected chi connectivity index (χ0v) is 11.1. The first-order chi connectivity index (χ1) is 7.91. The number of nitrogens with zero attached hydrogens (tertiary/aromatic N) is 2. The quantitative estimate of drug-likeness (QED) is 0.917. The van der Waals surface area contributed by atoms with Crippen molar-refractivity contribution in [3.63, 3.8) is 0 Å². The van der Waals surface area contributed by atoms with Crippen LogP contribution in [0.15, 0.2) is 22.9 Å². The van der Waals surface area contributed by atoms with Crippen LogP contribution in [0.2, 0.25) is 0 Å². The van der Waals surface area contributed by atoms with E-state index in [2.05, 4.69) is 20.9 Å². The lowest BCUT2D eigenvalue weighted by Crippen LogP contribution is -2.33. The van der Waals surface area contributed by atoms with Crippen molar-refractivity contribution < 1.29 is 14.7 Å². The fraction of sp³-hybridized carbons (Fsp3) is 0.364. The molecule has 1 atom stereocenters. The van der Waals surface area contributed by atoms with Gasteiger partial charge in [0.2, 0.25) is 0 Å². The maximum atomic E-state index is 11.9. The molecule has 0 aromatic carbocycles. The third-order valence-electron chi connectivity index (χ3n) is 2.27. The molecule has 0 aliphatic rings. The minimum Gasteiger partial charge on any atom is -0.481 e. The van der Waals surface area contributed by atoms with Crippen LogP contribution in [0, 0.1) is 5.92 Å². The average molecular weight is 301 g/mol. The van der Waals surface area contributed by atoms with Crippen molar-refractivity contribution in [3.05, 3.63) is 28.5 Å². The van der Waals surface area contributed by atoms with Crippen molar-refractivity contribution in [2.75, 3.05) is 13.6 Å². The van der Waals surface area contributed by atoms with Crippen LogP contribution in [0.3, 0.4) is 0 Å². The molecule has 1 rings (SSSR count). The second kappa shape index (κ2) is 5.77. The fourth-order valence-electron chi connectivity index (χ4n) is 1.32. The minimum absolute atomic E-state index is 0.167. The van der Waals surface area contributed by atoms with Gasteiger partial charge in [-0.1, -0.05) is 6.92 Å². The first-order valence-electron chi connectivity index (χ1n) is 5.00. The summed E-state index contributed by atoms with van der Waals surface area (Å²) in [6.45, 7) is 1.73. The number of carbonyl (C=O) groups excluding carboxylic acids is 1. The van der Waals surface area contributed by atoms with Gasteiger partial charge in [-0.3, -0.25) is 14.6 Å². The molecule has 0 aliphatic heterocycles. The zero-order valence-electron chi connectivity index (χ0n) is 9.55. The van der Waals surface area contributed by atoms with Gasteiger partial charge in [-0.2, -0.15) is 0 Å². The summed E-state index contributed by atoms with van der Waals surface area (Å²) in [5.74, 6) is -1.76. The van der Waals surface area contributed by atoms with Gasteiger partial charge in [-0.05, 0) is 22.0 Å². The van der Waals surface area contributed by atoms with Crippen molar-refractivity contribution in [3.8, 4) is 0 Å². The Hall–Kier alpha value is -1.43. The van der Waals surface area contributed by atoms with E-state index in [-0.39, 0.29) is 12.5 Å². The number of aromatic nitrogens is 1. The van der Waals surface area contributed by atoms with Gasteiger partial charge in [0, 0.05) is 30.5 Å². The molecule has 5 nitrogen and oxygen atoms in total. The Morgan fingerprint density at radius 1 is 1.53 bits per heavy atom. The van der Waals surface area contributed by atoms with Crippen LogP contribution in [-0.4, -0.2) is 40.5 Å². The van der Waals surface area contributed by atoms with Crippen LogP contribution < -0.4 is 0 Å². The van der Waals surface area contributed by atoms with E-state index in [9.17, 15) is 9.59 Å². The number of aliphatic carboxylic acids is 1. The number of rotatable bonds is 4. The second-order valence-corrected chi connectivity index (χ2v) is 4.73. The monoisotopic (exact) mass is 300 g/mol. The largest absolute Gasteiger partial charge is 0.481 e. The van der Waals surface area contributed by atoms with Crippen molar-refractivity contribution in [2.45, 2.75) is 6.92 Å². The van der Waals surface area contributed by atoms with Crippen LogP contribution in [-0.2, 0) is 4.79 Å². The number of hydrogen-bond acceptors (Lipinski definition) is 3. The van der Waals surface area contributed by atoms with E-state index in [1.165, 1.54) is 11.1 Å². The summed E-state index contributed by atoms with van der Waals surface area (Å²) in [5.41, 5.74) is 0.430. The lowest BCUT2D eigenvalue weighted by Gasteiger charge is -2.19. The highest BCUT2D eigenvalue weighted by molar-refractivity contribution is 9.10. The van der Waals surface area contributed by atoms with E-state index in [1.807, 2.05) is 0 Å². The number of hydrogen-bond donors (Lipinski definition) is 1. The van der Waals surface area contributed by atoms with E-state index in [0.717, 1.165) is 0 Å². The lowest BCUT2D eigenvalue weighted by molar-refractivity contribution is -0.141. The van der Waals surface area contributed by atoms with E-state index >= 15 is 0 Å². The molecule has 92 valence electrons. The summed E-state index contributed by atoms with van der Waals surface area (Å²) in [6, 6.07) is 1.65. The molecule has 17 heavy (non-hydrogen) atoms. The normalized spacial score (nSPS) is 11.9. The Morgan fingerprint density at radius 2 is 2.18 bits per heavy atom. The standard InChI is InChI=1S/C11H13BrN2O3/c1-7(11(16)17)6-14(2)10(15)8-3-9(12)5-13-4-8/h3-5,7H,6H2,1-2H3,(H,16,17). The van der Waals surface area contributed by atoms with E-state index in [1.54, 1.807) is 26.2 Å². The van der Waals surface area contributed by atoms with Gasteiger partial charge < -0.3 is 10.0 Å². The number of halogens is 1. The molecule has 1 N–H and O–H groups in total. The molecule has 1 heterocycles. The van der Waals surface area contributed by atoms with Crippen molar-refractivity contribution >= 4 is 27.8 Å². The zero-order chi connectivity index (χ0) is 13.0. The average Bonchev–Trinajstić information content (AvgIpc) is 2.27. The highest BCUT2D eigenvalue weighted by atomic mass is 79.9. The second-order valence-electron chi connectivity index (χ2n) is 3.82. The molecule has 0 aliphatic carbocycles. The number of carbonyl (C=O) groups is 2. The molecule has 0 saturated heterocycles. The van der Waals surface area contributed by atoms with Crippen molar-refractivity contribution in [1.82, 2.24) is 9.88 Å². The molecule has 0 radical (unpaired) electrons. The lowest BCUT2D eigenvalue weighted by atomic mass is 10.1. The molecule has 1 aromatic rings. The molecular weight excluding hydrogens is 288 g/mol. The van der Waals surface area contributed by atoms with Crippen LogP contribution in [0.1, 0.15) is 17.3 Å². The van der Waals surface area contributed by atoms with E-state index in [4.69, 9.17) is 5.11 Å². The SMILES string of the molecule is CC(CN(C)C(=O)c1cncc(Br)c1)C(=O)O. The summed E-state index contributed by atoms with van der Waals surface area (Å²) in [5, 5.41) is 8.77. The molecular formula is C11H13BrN2O3. The van der Waals surface area contributed by atoms with Gasteiger partial charge in [-0.25, -0.2) is 0 Å². The van der Waals surface area contributed by atoms with E-state index in [0.29, 0.717) is 10.0 Å². The Bertz CT molecular complexity index is 436. The van der Waals surface area contributed by atoms with Gasteiger partial charge in [0.15, 0.2) is 0 Å². The Balaban J connectivity index is 2.73. The maximum Gasteiger partial charge on any atom is 0.308 e. The molecule has 1 unspecified atom stereocenters.